The number of hydrogen-bond donors (Lipinski definition) is 1. The molecule has 0 aliphatic rings. The van der Waals surface area contributed by atoms with Gasteiger partial charge in [0.25, 0.3) is 0 Å². The molecule has 1 N–H and O–H groups in total. The maximum atomic E-state index is 13.3. The van der Waals surface area contributed by atoms with E-state index in [2.05, 4.69) is 10.3 Å². The molecule has 3 aromatic rings. The summed E-state index contributed by atoms with van der Waals surface area (Å²) in [6.07, 6.45) is 3.11. The van der Waals surface area contributed by atoms with E-state index in [9.17, 15) is 17.6 Å². The molecule has 0 spiro atoms. The molecule has 0 fully saturated rings. The number of aromatic nitrogens is 1. The number of carbonyl (C=O) groups excluding carboxylic acids is 1. The lowest BCUT2D eigenvalue weighted by Gasteiger charge is -2.22. The molecule has 158 valence electrons. The van der Waals surface area contributed by atoms with Crippen LogP contribution >= 0.6 is 0 Å². The van der Waals surface area contributed by atoms with Crippen LogP contribution in [0.5, 0.6) is 0 Å². The first kappa shape index (κ1) is 21.8. The Morgan fingerprint density at radius 1 is 1.17 bits per heavy atom. The van der Waals surface area contributed by atoms with Crippen LogP contribution in [0.4, 0.5) is 4.39 Å². The first-order chi connectivity index (χ1) is 14.4. The maximum absolute atomic E-state index is 13.3. The van der Waals surface area contributed by atoms with Crippen molar-refractivity contribution >= 4 is 26.7 Å². The minimum absolute atomic E-state index is 0.0181. The Hall–Kier alpha value is -2.88. The summed E-state index contributed by atoms with van der Waals surface area (Å²) in [6.45, 7) is -0.0490. The number of rotatable bonds is 9. The molecule has 0 atom stereocenters. The van der Waals surface area contributed by atoms with Crippen LogP contribution in [0.25, 0.3) is 10.8 Å². The number of amides is 1. The van der Waals surface area contributed by atoms with Crippen molar-refractivity contribution in [3.8, 4) is 0 Å². The molecule has 0 radical (unpaired) electrons. The smallest absolute Gasteiger partial charge is 0.244 e. The lowest BCUT2D eigenvalue weighted by molar-refractivity contribution is -0.121. The summed E-state index contributed by atoms with van der Waals surface area (Å²) in [5, 5.41) is 3.88. The number of carbonyl (C=O) groups is 1. The second-order valence-corrected chi connectivity index (χ2v) is 8.49. The zero-order valence-corrected chi connectivity index (χ0v) is 17.2. The van der Waals surface area contributed by atoms with Crippen molar-refractivity contribution in [1.82, 2.24) is 14.6 Å². The molecule has 2 aromatic carbocycles. The van der Waals surface area contributed by atoms with Crippen LogP contribution < -0.4 is 5.32 Å². The lowest BCUT2D eigenvalue weighted by atomic mass is 10.2. The Morgan fingerprint density at radius 2 is 1.93 bits per heavy atom. The summed E-state index contributed by atoms with van der Waals surface area (Å²) < 4.78 is 45.8. The van der Waals surface area contributed by atoms with Gasteiger partial charge in [0.1, 0.15) is 5.82 Å². The van der Waals surface area contributed by atoms with E-state index in [0.717, 1.165) is 4.31 Å². The van der Waals surface area contributed by atoms with Gasteiger partial charge in [-0.3, -0.25) is 9.78 Å². The summed E-state index contributed by atoms with van der Waals surface area (Å²) in [5.41, 5.74) is 0.706. The summed E-state index contributed by atoms with van der Waals surface area (Å²) >= 11 is 0. The highest BCUT2D eigenvalue weighted by molar-refractivity contribution is 7.89. The monoisotopic (exact) mass is 431 g/mol. The van der Waals surface area contributed by atoms with Crippen molar-refractivity contribution in [2.24, 2.45) is 0 Å². The average molecular weight is 431 g/mol. The Morgan fingerprint density at radius 3 is 2.67 bits per heavy atom. The third-order valence-corrected chi connectivity index (χ3v) is 6.43. The lowest BCUT2D eigenvalue weighted by Crippen LogP contribution is -2.42. The second-order valence-electron chi connectivity index (χ2n) is 6.59. The second kappa shape index (κ2) is 9.75. The van der Waals surface area contributed by atoms with Crippen molar-refractivity contribution in [2.75, 3.05) is 26.8 Å². The summed E-state index contributed by atoms with van der Waals surface area (Å²) in [6, 6.07) is 12.3. The molecule has 30 heavy (non-hydrogen) atoms. The fraction of sp³-hybridized carbons (Fsp3) is 0.238. The molecular weight excluding hydrogens is 409 g/mol. The number of pyridine rings is 1. The van der Waals surface area contributed by atoms with E-state index in [0.29, 0.717) is 16.3 Å². The Bertz CT molecular complexity index is 1120. The first-order valence-corrected chi connectivity index (χ1v) is 10.7. The third kappa shape index (κ3) is 5.18. The topological polar surface area (TPSA) is 88.6 Å². The SMILES string of the molecule is COCCN(CC(=O)NCc1ccc(F)cc1)S(=O)(=O)c1cccc2cnccc12. The van der Waals surface area contributed by atoms with E-state index in [4.69, 9.17) is 4.74 Å². The standard InChI is InChI=1S/C21H22FN3O4S/c1-29-12-11-25(15-21(26)24-13-16-5-7-18(22)8-6-16)30(27,28)20-4-2-3-17-14-23-10-9-19(17)20/h2-10,14H,11-13,15H2,1H3,(H,24,26). The van der Waals surface area contributed by atoms with E-state index in [1.807, 2.05) is 0 Å². The zero-order valence-electron chi connectivity index (χ0n) is 16.4. The largest absolute Gasteiger partial charge is 0.383 e. The zero-order chi connectivity index (χ0) is 21.6. The van der Waals surface area contributed by atoms with Crippen molar-refractivity contribution in [3.63, 3.8) is 0 Å². The fourth-order valence-corrected chi connectivity index (χ4v) is 4.55. The number of ether oxygens (including phenoxy) is 1. The highest BCUT2D eigenvalue weighted by Gasteiger charge is 2.28. The summed E-state index contributed by atoms with van der Waals surface area (Å²) in [5.74, 6) is -0.840. The predicted molar refractivity (Wildman–Crippen MR) is 111 cm³/mol. The molecule has 1 amide bonds. The highest BCUT2D eigenvalue weighted by atomic mass is 32.2. The first-order valence-electron chi connectivity index (χ1n) is 9.25. The molecule has 1 heterocycles. The molecule has 0 aliphatic heterocycles. The molecular formula is C21H22FN3O4S. The van der Waals surface area contributed by atoms with Crippen molar-refractivity contribution in [2.45, 2.75) is 11.4 Å². The Labute approximate surface area is 174 Å². The van der Waals surface area contributed by atoms with E-state index in [1.165, 1.54) is 31.5 Å². The minimum atomic E-state index is -3.97. The van der Waals surface area contributed by atoms with Gasteiger partial charge in [0.15, 0.2) is 0 Å². The van der Waals surface area contributed by atoms with E-state index in [1.54, 1.807) is 36.5 Å². The van der Waals surface area contributed by atoms with Crippen LogP contribution in [0.1, 0.15) is 5.56 Å². The van der Waals surface area contributed by atoms with Crippen molar-refractivity contribution in [3.05, 3.63) is 72.3 Å². The molecule has 9 heteroatoms. The molecule has 7 nitrogen and oxygen atoms in total. The van der Waals surface area contributed by atoms with Crippen LogP contribution in [-0.4, -0.2) is 50.4 Å². The van der Waals surface area contributed by atoms with Crippen LogP contribution in [-0.2, 0) is 26.1 Å². The van der Waals surface area contributed by atoms with Gasteiger partial charge in [-0.05, 0) is 29.8 Å². The van der Waals surface area contributed by atoms with Crippen LogP contribution in [0.15, 0.2) is 65.8 Å². The van der Waals surface area contributed by atoms with Gasteiger partial charge in [-0.15, -0.1) is 0 Å². The fourth-order valence-electron chi connectivity index (χ4n) is 2.95. The average Bonchev–Trinajstić information content (AvgIpc) is 2.75. The van der Waals surface area contributed by atoms with Gasteiger partial charge in [-0.1, -0.05) is 24.3 Å². The van der Waals surface area contributed by atoms with Gasteiger partial charge in [0.2, 0.25) is 15.9 Å². The molecule has 1 aromatic heterocycles. The molecule has 3 rings (SSSR count). The number of methoxy groups -OCH3 is 1. The molecule has 0 aliphatic carbocycles. The van der Waals surface area contributed by atoms with E-state index >= 15 is 0 Å². The van der Waals surface area contributed by atoms with Crippen LogP contribution in [0.3, 0.4) is 0 Å². The normalized spacial score (nSPS) is 11.7. The molecule has 0 bridgehead atoms. The summed E-state index contributed by atoms with van der Waals surface area (Å²) in [7, 11) is -2.51. The summed E-state index contributed by atoms with van der Waals surface area (Å²) in [4.78, 5) is 16.6. The van der Waals surface area contributed by atoms with E-state index in [-0.39, 0.29) is 37.0 Å². The van der Waals surface area contributed by atoms with Crippen molar-refractivity contribution in [1.29, 1.82) is 0 Å². The number of halogens is 1. The van der Waals surface area contributed by atoms with Gasteiger partial charge >= 0.3 is 0 Å². The predicted octanol–water partition coefficient (Wildman–Crippen LogP) is 2.33. The molecule has 0 unspecified atom stereocenters. The Kier molecular flexibility index (Phi) is 7.09. The van der Waals surface area contributed by atoms with Gasteiger partial charge in [-0.25, -0.2) is 12.8 Å². The maximum Gasteiger partial charge on any atom is 0.244 e. The van der Waals surface area contributed by atoms with Crippen LogP contribution in [0, 0.1) is 5.82 Å². The van der Waals surface area contributed by atoms with Gasteiger partial charge in [-0.2, -0.15) is 4.31 Å². The number of benzene rings is 2. The van der Waals surface area contributed by atoms with Crippen molar-refractivity contribution < 1.29 is 22.3 Å². The minimum Gasteiger partial charge on any atom is -0.383 e. The highest BCUT2D eigenvalue weighted by Crippen LogP contribution is 2.25. The number of sulfonamides is 1. The van der Waals surface area contributed by atoms with Crippen LogP contribution in [0.2, 0.25) is 0 Å². The number of fused-ring (bicyclic) bond motifs is 1. The number of nitrogens with zero attached hydrogens (tertiary/aromatic N) is 2. The molecule has 0 saturated heterocycles. The number of nitrogens with one attached hydrogen (secondary N) is 1. The van der Waals surface area contributed by atoms with Gasteiger partial charge in [0, 0.05) is 43.4 Å². The van der Waals surface area contributed by atoms with E-state index < -0.39 is 15.9 Å². The van der Waals surface area contributed by atoms with Gasteiger partial charge < -0.3 is 10.1 Å². The molecule has 0 saturated carbocycles. The Balaban J connectivity index is 1.80. The van der Waals surface area contributed by atoms with Gasteiger partial charge in [0.05, 0.1) is 18.0 Å². The quantitative estimate of drug-likeness (QED) is 0.562. The number of hydrogen-bond acceptors (Lipinski definition) is 5. The third-order valence-electron chi connectivity index (χ3n) is 4.53.